The molecular weight excluding hydrogens is 326 g/mol. The summed E-state index contributed by atoms with van der Waals surface area (Å²) in [6.45, 7) is 0.919. The van der Waals surface area contributed by atoms with Crippen LogP contribution in [-0.4, -0.2) is 27.5 Å². The molecule has 7 heteroatoms. The molecule has 0 radical (unpaired) electrons. The molecule has 25 heavy (non-hydrogen) atoms. The van der Waals surface area contributed by atoms with Gasteiger partial charge in [-0.05, 0) is 31.4 Å². The zero-order chi connectivity index (χ0) is 17.4. The van der Waals surface area contributed by atoms with Gasteiger partial charge < -0.3 is 15.2 Å². The summed E-state index contributed by atoms with van der Waals surface area (Å²) >= 11 is 0. The molecule has 4 rings (SSSR count). The molecule has 1 saturated carbocycles. The van der Waals surface area contributed by atoms with E-state index in [9.17, 15) is 13.6 Å². The van der Waals surface area contributed by atoms with E-state index in [1.165, 1.54) is 12.1 Å². The van der Waals surface area contributed by atoms with Crippen molar-refractivity contribution in [1.82, 2.24) is 14.9 Å². The summed E-state index contributed by atoms with van der Waals surface area (Å²) in [7, 11) is 0. The minimum absolute atomic E-state index is 0.296. The number of aryl methyl sites for hydroxylation is 1. The van der Waals surface area contributed by atoms with Crippen molar-refractivity contribution in [3.63, 3.8) is 0 Å². The van der Waals surface area contributed by atoms with Crippen LogP contribution in [0.2, 0.25) is 0 Å². The molecule has 0 atom stereocenters. The van der Waals surface area contributed by atoms with E-state index in [1.807, 2.05) is 24.4 Å². The lowest BCUT2D eigenvalue weighted by atomic mass is 9.88. The Morgan fingerprint density at radius 1 is 1.24 bits per heavy atom. The largest absolute Gasteiger partial charge is 0.335 e. The molecule has 0 saturated heterocycles. The maximum atomic E-state index is 12.9. The summed E-state index contributed by atoms with van der Waals surface area (Å²) in [4.78, 5) is 16.7. The Morgan fingerprint density at radius 3 is 2.84 bits per heavy atom. The van der Waals surface area contributed by atoms with Crippen molar-refractivity contribution >= 4 is 11.7 Å². The van der Waals surface area contributed by atoms with Crippen LogP contribution in [0.5, 0.6) is 0 Å². The predicted octanol–water partition coefficient (Wildman–Crippen LogP) is 3.81. The minimum atomic E-state index is -2.65. The van der Waals surface area contributed by atoms with E-state index in [0.29, 0.717) is 5.69 Å². The number of rotatable bonds is 3. The van der Waals surface area contributed by atoms with Crippen LogP contribution >= 0.6 is 0 Å². The molecule has 5 nitrogen and oxygen atoms in total. The number of anilines is 1. The van der Waals surface area contributed by atoms with E-state index in [1.54, 1.807) is 6.07 Å². The number of nitrogens with zero attached hydrogens (tertiary/aromatic N) is 2. The number of urea groups is 1. The van der Waals surface area contributed by atoms with Crippen LogP contribution in [0.15, 0.2) is 30.5 Å². The van der Waals surface area contributed by atoms with Gasteiger partial charge in [0.05, 0.1) is 5.69 Å². The van der Waals surface area contributed by atoms with E-state index in [4.69, 9.17) is 0 Å². The fraction of sp³-hybridized carbons (Fsp3) is 0.444. The van der Waals surface area contributed by atoms with Gasteiger partial charge in [-0.25, -0.2) is 18.6 Å². The highest BCUT2D eigenvalue weighted by Crippen LogP contribution is 2.37. The van der Waals surface area contributed by atoms with Crippen LogP contribution in [0.4, 0.5) is 19.3 Å². The smallest absolute Gasteiger partial charge is 0.319 e. The van der Waals surface area contributed by atoms with Crippen molar-refractivity contribution < 1.29 is 13.6 Å². The molecule has 2 amide bonds. The topological polar surface area (TPSA) is 59.0 Å². The second-order valence-corrected chi connectivity index (χ2v) is 6.79. The van der Waals surface area contributed by atoms with Crippen molar-refractivity contribution in [3.8, 4) is 11.4 Å². The molecule has 2 heterocycles. The maximum Gasteiger partial charge on any atom is 0.319 e. The summed E-state index contributed by atoms with van der Waals surface area (Å²) in [6, 6.07) is 6.51. The van der Waals surface area contributed by atoms with Gasteiger partial charge in [0.25, 0.3) is 5.92 Å². The molecule has 2 aromatic rings. The van der Waals surface area contributed by atoms with Crippen molar-refractivity contribution in [2.24, 2.45) is 0 Å². The normalized spacial score (nSPS) is 19.0. The third kappa shape index (κ3) is 3.23. The van der Waals surface area contributed by atoms with E-state index >= 15 is 0 Å². The standard InChI is InChI=1S/C18H20F2N4O/c19-18(20)9-12(10-18)22-17(25)23-15-7-2-1-6-14(15)16-21-11-13-5-3-4-8-24(13)16/h1-2,6-7,11-12H,3-5,8-10H2,(H2,22,23,25). The molecule has 1 fully saturated rings. The highest BCUT2D eigenvalue weighted by atomic mass is 19.3. The van der Waals surface area contributed by atoms with Gasteiger partial charge in [0.2, 0.25) is 0 Å². The Balaban J connectivity index is 1.52. The molecule has 1 aromatic heterocycles. The number of hydrogen-bond donors (Lipinski definition) is 2. The average molecular weight is 346 g/mol. The number of para-hydroxylation sites is 1. The molecule has 1 aliphatic heterocycles. The number of nitrogens with one attached hydrogen (secondary N) is 2. The number of amides is 2. The summed E-state index contributed by atoms with van der Waals surface area (Å²) in [6.07, 6.45) is 4.59. The van der Waals surface area contributed by atoms with Crippen molar-refractivity contribution in [1.29, 1.82) is 0 Å². The fourth-order valence-electron chi connectivity index (χ4n) is 3.55. The Hall–Kier alpha value is -2.44. The van der Waals surface area contributed by atoms with Crippen molar-refractivity contribution in [2.45, 2.75) is 50.6 Å². The first-order chi connectivity index (χ1) is 12.0. The Bertz CT molecular complexity index is 794. The number of fused-ring (bicyclic) bond motifs is 1. The molecule has 0 spiro atoms. The lowest BCUT2D eigenvalue weighted by Gasteiger charge is -2.35. The lowest BCUT2D eigenvalue weighted by Crippen LogP contribution is -2.51. The number of carbonyl (C=O) groups excluding carboxylic acids is 1. The molecule has 0 bridgehead atoms. The second-order valence-electron chi connectivity index (χ2n) is 6.79. The Labute approximate surface area is 144 Å². The Morgan fingerprint density at radius 2 is 2.04 bits per heavy atom. The van der Waals surface area contributed by atoms with E-state index < -0.39 is 18.0 Å². The van der Waals surface area contributed by atoms with Gasteiger partial charge in [-0.2, -0.15) is 0 Å². The maximum absolute atomic E-state index is 12.9. The first-order valence-corrected chi connectivity index (χ1v) is 8.61. The van der Waals surface area contributed by atoms with E-state index in [0.717, 1.165) is 30.8 Å². The lowest BCUT2D eigenvalue weighted by molar-refractivity contribution is -0.0893. The van der Waals surface area contributed by atoms with Crippen LogP contribution in [0.1, 0.15) is 31.4 Å². The summed E-state index contributed by atoms with van der Waals surface area (Å²) < 4.78 is 28.0. The molecule has 0 unspecified atom stereocenters. The number of imidazole rings is 1. The van der Waals surface area contributed by atoms with Gasteiger partial charge in [-0.3, -0.25) is 0 Å². The average Bonchev–Trinajstić information content (AvgIpc) is 2.97. The summed E-state index contributed by atoms with van der Waals surface area (Å²) in [5.74, 6) is -1.81. The van der Waals surface area contributed by atoms with Crippen molar-refractivity contribution in [3.05, 3.63) is 36.2 Å². The third-order valence-electron chi connectivity index (χ3n) is 4.84. The Kier molecular flexibility index (Phi) is 3.94. The molecule has 1 aromatic carbocycles. The molecule has 2 N–H and O–H groups in total. The number of halogens is 2. The van der Waals surface area contributed by atoms with Gasteiger partial charge in [-0.15, -0.1) is 0 Å². The van der Waals surface area contributed by atoms with E-state index in [-0.39, 0.29) is 12.8 Å². The van der Waals surface area contributed by atoms with Gasteiger partial charge in [-0.1, -0.05) is 12.1 Å². The van der Waals surface area contributed by atoms with Gasteiger partial charge in [0, 0.05) is 42.9 Å². The first-order valence-electron chi connectivity index (χ1n) is 8.61. The van der Waals surface area contributed by atoms with Crippen LogP contribution in [0.3, 0.4) is 0 Å². The minimum Gasteiger partial charge on any atom is -0.335 e. The molecule has 2 aliphatic rings. The highest BCUT2D eigenvalue weighted by molar-refractivity contribution is 5.93. The fourth-order valence-corrected chi connectivity index (χ4v) is 3.55. The predicted molar refractivity (Wildman–Crippen MR) is 90.7 cm³/mol. The van der Waals surface area contributed by atoms with Gasteiger partial charge >= 0.3 is 6.03 Å². The number of hydrogen-bond acceptors (Lipinski definition) is 2. The monoisotopic (exact) mass is 346 g/mol. The zero-order valence-corrected chi connectivity index (χ0v) is 13.8. The third-order valence-corrected chi connectivity index (χ3v) is 4.84. The SMILES string of the molecule is O=C(Nc1ccccc1-c1ncc2n1CCCC2)NC1CC(F)(F)C1. The van der Waals surface area contributed by atoms with Crippen LogP contribution < -0.4 is 10.6 Å². The van der Waals surface area contributed by atoms with Crippen LogP contribution in [0.25, 0.3) is 11.4 Å². The quantitative estimate of drug-likeness (QED) is 0.888. The molecular formula is C18H20F2N4O. The van der Waals surface area contributed by atoms with Gasteiger partial charge in [0.1, 0.15) is 5.82 Å². The number of alkyl halides is 2. The van der Waals surface area contributed by atoms with Crippen LogP contribution in [-0.2, 0) is 13.0 Å². The molecule has 132 valence electrons. The molecule has 1 aliphatic carbocycles. The number of benzene rings is 1. The van der Waals surface area contributed by atoms with Crippen LogP contribution in [0, 0.1) is 0 Å². The second kappa shape index (κ2) is 6.13. The summed E-state index contributed by atoms with van der Waals surface area (Å²) in [5.41, 5.74) is 2.67. The van der Waals surface area contributed by atoms with Gasteiger partial charge in [0.15, 0.2) is 0 Å². The first kappa shape index (κ1) is 16.1. The number of aromatic nitrogens is 2. The zero-order valence-electron chi connectivity index (χ0n) is 13.8. The van der Waals surface area contributed by atoms with Crippen molar-refractivity contribution in [2.75, 3.05) is 5.32 Å². The summed E-state index contributed by atoms with van der Waals surface area (Å²) in [5, 5.41) is 5.38. The number of carbonyl (C=O) groups is 1. The highest BCUT2D eigenvalue weighted by Gasteiger charge is 2.45. The van der Waals surface area contributed by atoms with E-state index in [2.05, 4.69) is 20.2 Å².